The Balaban J connectivity index is 1.83. The molecule has 0 aromatic carbocycles. The Bertz CT molecular complexity index is 235. The quantitative estimate of drug-likeness (QED) is 0.113. The van der Waals surface area contributed by atoms with Crippen LogP contribution in [-0.2, 0) is 0 Å². The normalized spacial score (nSPS) is 15.9. The number of hydrogen-bond donors (Lipinski definition) is 1. The van der Waals surface area contributed by atoms with E-state index in [1.165, 1.54) is 102 Å². The molecule has 0 aromatic rings. The van der Waals surface area contributed by atoms with Gasteiger partial charge in [0.05, 0.1) is 0 Å². The van der Waals surface area contributed by atoms with Gasteiger partial charge in [-0.3, -0.25) is 5.32 Å². The number of nitrogens with one attached hydrogen (secondary N) is 1. The molecule has 23 heavy (non-hydrogen) atoms. The van der Waals surface area contributed by atoms with E-state index in [4.69, 9.17) is 0 Å². The average Bonchev–Trinajstić information content (AvgIpc) is 3.33. The van der Waals surface area contributed by atoms with Gasteiger partial charge in [0, 0.05) is 0 Å². The van der Waals surface area contributed by atoms with Crippen LogP contribution in [0.25, 0.3) is 0 Å². The van der Waals surface area contributed by atoms with Crippen molar-refractivity contribution in [3.05, 3.63) is 0 Å². The predicted molar refractivity (Wildman–Crippen MR) is 114 cm³/mol. The van der Waals surface area contributed by atoms with Crippen LogP contribution in [0.1, 0.15) is 104 Å². The van der Waals surface area contributed by atoms with Crippen molar-refractivity contribution < 1.29 is 0 Å². The molecular weight excluding hydrogens is 338 g/mol. The third kappa shape index (κ3) is 12.9. The molecule has 0 saturated carbocycles. The molecule has 1 fully saturated rings. The highest BCUT2D eigenvalue weighted by atomic mass is 33.2. The van der Waals surface area contributed by atoms with E-state index < -0.39 is 0 Å². The molecule has 0 spiro atoms. The van der Waals surface area contributed by atoms with Crippen LogP contribution in [0.4, 0.5) is 0 Å². The first-order valence-corrected chi connectivity index (χ1v) is 13.2. The summed E-state index contributed by atoms with van der Waals surface area (Å²) in [5.74, 6) is 1.33. The molecule has 4 heteroatoms. The van der Waals surface area contributed by atoms with Gasteiger partial charge in [-0.25, -0.2) is 0 Å². The van der Waals surface area contributed by atoms with Gasteiger partial charge in [0.1, 0.15) is 0 Å². The van der Waals surface area contributed by atoms with Crippen molar-refractivity contribution >= 4 is 33.3 Å². The maximum absolute atomic E-state index is 3.78. The SMILES string of the molecule is CCCCCCCCCNC1(SCCCCCCCCC)SS1. The molecule has 138 valence electrons. The van der Waals surface area contributed by atoms with Crippen molar-refractivity contribution in [3.8, 4) is 0 Å². The lowest BCUT2D eigenvalue weighted by Gasteiger charge is -2.13. The third-order valence-corrected chi connectivity index (χ3v) is 9.51. The van der Waals surface area contributed by atoms with E-state index in [2.05, 4.69) is 30.9 Å². The second kappa shape index (κ2) is 15.3. The van der Waals surface area contributed by atoms with Crippen LogP contribution in [0.2, 0.25) is 0 Å². The minimum atomic E-state index is 0.338. The van der Waals surface area contributed by atoms with E-state index in [0.29, 0.717) is 3.54 Å². The van der Waals surface area contributed by atoms with Crippen LogP contribution in [0.3, 0.4) is 0 Å². The molecule has 0 atom stereocenters. The second-order valence-corrected chi connectivity index (χ2v) is 11.4. The fourth-order valence-corrected chi connectivity index (χ4v) is 6.64. The molecular formula is C19H39NS3. The first-order valence-electron chi connectivity index (χ1n) is 10.1. The van der Waals surface area contributed by atoms with Gasteiger partial charge in [-0.15, -0.1) is 11.8 Å². The van der Waals surface area contributed by atoms with Crippen molar-refractivity contribution in [2.24, 2.45) is 0 Å². The Morgan fingerprint density at radius 1 is 0.652 bits per heavy atom. The summed E-state index contributed by atoms with van der Waals surface area (Å²) in [4.78, 5) is 0. The summed E-state index contributed by atoms with van der Waals surface area (Å²) in [5.41, 5.74) is 0. The Morgan fingerprint density at radius 3 is 1.65 bits per heavy atom. The minimum absolute atomic E-state index is 0.338. The minimum Gasteiger partial charge on any atom is -0.284 e. The molecule has 1 heterocycles. The lowest BCUT2D eigenvalue weighted by Crippen LogP contribution is -2.27. The number of unbranched alkanes of at least 4 members (excludes halogenated alkanes) is 12. The van der Waals surface area contributed by atoms with Crippen molar-refractivity contribution in [2.45, 2.75) is 107 Å². The highest BCUT2D eigenvalue weighted by molar-refractivity contribution is 8.97. The van der Waals surface area contributed by atoms with Crippen molar-refractivity contribution in [1.82, 2.24) is 5.32 Å². The summed E-state index contributed by atoms with van der Waals surface area (Å²) in [6.45, 7) is 5.79. The zero-order valence-corrected chi connectivity index (χ0v) is 18.0. The molecule has 0 aromatic heterocycles. The van der Waals surface area contributed by atoms with E-state index in [1.807, 2.05) is 21.6 Å². The zero-order valence-electron chi connectivity index (χ0n) is 15.5. The zero-order chi connectivity index (χ0) is 16.6. The maximum Gasteiger partial charge on any atom is 0.179 e. The Kier molecular flexibility index (Phi) is 14.6. The van der Waals surface area contributed by atoms with Crippen molar-refractivity contribution in [1.29, 1.82) is 0 Å². The largest absolute Gasteiger partial charge is 0.284 e. The summed E-state index contributed by atoms with van der Waals surface area (Å²) in [6, 6.07) is 0. The number of rotatable bonds is 18. The Hall–Kier alpha value is 1.01. The second-order valence-electron chi connectivity index (χ2n) is 6.74. The Labute approximate surface area is 158 Å². The van der Waals surface area contributed by atoms with E-state index in [0.717, 1.165) is 0 Å². The molecule has 0 aliphatic carbocycles. The first-order chi connectivity index (χ1) is 11.3. The van der Waals surface area contributed by atoms with E-state index in [1.54, 1.807) is 0 Å². The fraction of sp³-hybridized carbons (Fsp3) is 1.00. The summed E-state index contributed by atoms with van der Waals surface area (Å²) in [7, 11) is 4.07. The van der Waals surface area contributed by atoms with E-state index >= 15 is 0 Å². The molecule has 0 bridgehead atoms. The molecule has 0 amide bonds. The van der Waals surface area contributed by atoms with Gasteiger partial charge in [-0.05, 0) is 46.7 Å². The maximum atomic E-state index is 3.78. The van der Waals surface area contributed by atoms with Crippen LogP contribution in [-0.4, -0.2) is 15.8 Å². The number of hydrogen-bond acceptors (Lipinski definition) is 4. The molecule has 1 saturated heterocycles. The summed E-state index contributed by atoms with van der Waals surface area (Å²) in [6.07, 6.45) is 19.8. The third-order valence-electron chi connectivity index (χ3n) is 4.40. The van der Waals surface area contributed by atoms with Crippen LogP contribution in [0.15, 0.2) is 0 Å². The van der Waals surface area contributed by atoms with Gasteiger partial charge in [0.15, 0.2) is 3.54 Å². The molecule has 1 rings (SSSR count). The predicted octanol–water partition coefficient (Wildman–Crippen LogP) is 7.82. The van der Waals surface area contributed by atoms with Gasteiger partial charge in [0.2, 0.25) is 0 Å². The van der Waals surface area contributed by atoms with Gasteiger partial charge >= 0.3 is 0 Å². The average molecular weight is 378 g/mol. The van der Waals surface area contributed by atoms with Gasteiger partial charge in [-0.1, -0.05) is 90.9 Å². The van der Waals surface area contributed by atoms with Gasteiger partial charge < -0.3 is 0 Å². The summed E-state index contributed by atoms with van der Waals surface area (Å²) < 4.78 is 0.338. The van der Waals surface area contributed by atoms with Crippen molar-refractivity contribution in [3.63, 3.8) is 0 Å². The van der Waals surface area contributed by atoms with Crippen LogP contribution in [0.5, 0.6) is 0 Å². The molecule has 0 radical (unpaired) electrons. The van der Waals surface area contributed by atoms with Crippen LogP contribution < -0.4 is 5.32 Å². The lowest BCUT2D eigenvalue weighted by atomic mass is 10.1. The highest BCUT2D eigenvalue weighted by Crippen LogP contribution is 2.69. The molecule has 1 N–H and O–H groups in total. The van der Waals surface area contributed by atoms with Crippen LogP contribution in [0, 0.1) is 0 Å². The van der Waals surface area contributed by atoms with E-state index in [-0.39, 0.29) is 0 Å². The van der Waals surface area contributed by atoms with Crippen molar-refractivity contribution in [2.75, 3.05) is 12.3 Å². The summed E-state index contributed by atoms with van der Waals surface area (Å²) >= 11 is 2.15. The van der Waals surface area contributed by atoms with Gasteiger partial charge in [0.25, 0.3) is 0 Å². The molecule has 1 aliphatic heterocycles. The van der Waals surface area contributed by atoms with E-state index in [9.17, 15) is 0 Å². The highest BCUT2D eigenvalue weighted by Gasteiger charge is 2.46. The first kappa shape index (κ1) is 22.1. The number of thioether (sulfide) groups is 1. The molecule has 1 nitrogen and oxygen atoms in total. The fourth-order valence-electron chi connectivity index (χ4n) is 2.79. The Morgan fingerprint density at radius 2 is 1.13 bits per heavy atom. The monoisotopic (exact) mass is 377 g/mol. The topological polar surface area (TPSA) is 12.0 Å². The lowest BCUT2D eigenvalue weighted by molar-refractivity contribution is 0.571. The van der Waals surface area contributed by atoms with Crippen LogP contribution >= 0.6 is 33.3 Å². The van der Waals surface area contributed by atoms with Gasteiger partial charge in [-0.2, -0.15) is 0 Å². The summed E-state index contributed by atoms with van der Waals surface area (Å²) in [5, 5.41) is 3.78. The smallest absolute Gasteiger partial charge is 0.179 e. The standard InChI is InChI=1S/C19H39NS3/c1-3-5-7-9-11-13-15-17-20-19(22-23-19)21-18-16-14-12-10-8-6-4-2/h20H,3-18H2,1-2H3. The molecule has 1 aliphatic rings. The molecule has 0 unspecified atom stereocenters.